The average Bonchev–Trinajstić information content (AvgIpc) is 2.91. The molecule has 0 saturated carbocycles. The molecule has 0 heterocycles. The molecule has 1 atom stereocenters. The Morgan fingerprint density at radius 3 is 1.20 bits per heavy atom. The summed E-state index contributed by atoms with van der Waals surface area (Å²) in [5.74, 6) is 2.15. The number of carbonyl (C=O) groups excluding carboxylic acids is 2. The lowest BCUT2D eigenvalue weighted by atomic mass is 9.97. The van der Waals surface area contributed by atoms with E-state index in [2.05, 4.69) is 34.6 Å². The zero-order valence-electron chi connectivity index (χ0n) is 27.7. The molecule has 0 bridgehead atoms. The van der Waals surface area contributed by atoms with Crippen LogP contribution < -0.4 is 0 Å². The molecule has 0 aromatic heterocycles. The van der Waals surface area contributed by atoms with Crippen molar-refractivity contribution in [3.63, 3.8) is 0 Å². The minimum Gasteiger partial charge on any atom is -0.466 e. The highest BCUT2D eigenvalue weighted by atomic mass is 16.5. The second-order valence-corrected chi connectivity index (χ2v) is 13.4. The van der Waals surface area contributed by atoms with Crippen molar-refractivity contribution in [2.24, 2.45) is 17.8 Å². The van der Waals surface area contributed by atoms with Gasteiger partial charge in [-0.1, -0.05) is 150 Å². The second kappa shape index (κ2) is 29.4. The molecule has 4 heteroatoms. The van der Waals surface area contributed by atoms with Crippen molar-refractivity contribution in [1.82, 2.24) is 0 Å². The van der Waals surface area contributed by atoms with Gasteiger partial charge in [-0.25, -0.2) is 0 Å². The predicted octanol–water partition coefficient (Wildman–Crippen LogP) is 11.4. The summed E-state index contributed by atoms with van der Waals surface area (Å²) in [5, 5.41) is 0. The van der Waals surface area contributed by atoms with Crippen LogP contribution in [0.1, 0.15) is 189 Å². The number of unbranched alkanes of at least 4 members (excludes halogenated alkanes) is 15. The van der Waals surface area contributed by atoms with Crippen LogP contribution in [0.3, 0.4) is 0 Å². The maximum atomic E-state index is 11.9. The molecule has 0 aliphatic carbocycles. The Morgan fingerprint density at radius 1 is 0.400 bits per heavy atom. The molecule has 40 heavy (non-hydrogen) atoms. The largest absolute Gasteiger partial charge is 0.466 e. The van der Waals surface area contributed by atoms with Crippen molar-refractivity contribution in [2.75, 3.05) is 13.2 Å². The molecular formula is C36H70O4. The third-order valence-corrected chi connectivity index (χ3v) is 8.05. The number of rotatable bonds is 30. The number of esters is 2. The Hall–Kier alpha value is -1.06. The number of hydrogen-bond donors (Lipinski definition) is 0. The standard InChI is InChI=1S/C36H70O4/c1-32(2)24-18-16-22-30-39-35(37)27-21-15-13-11-9-7-6-8-10-12-14-20-26-34(5)28-29-36(38)40-31-23-17-19-25-33(3)4/h32-34H,6-31H2,1-5H3. The monoisotopic (exact) mass is 567 g/mol. The van der Waals surface area contributed by atoms with Crippen molar-refractivity contribution in [3.05, 3.63) is 0 Å². The number of ether oxygens (including phenoxy) is 2. The summed E-state index contributed by atoms with van der Waals surface area (Å²) < 4.78 is 10.8. The fourth-order valence-corrected chi connectivity index (χ4v) is 5.22. The highest BCUT2D eigenvalue weighted by molar-refractivity contribution is 5.69. The minimum atomic E-state index is -0.00557. The minimum absolute atomic E-state index is 0.00315. The number of hydrogen-bond acceptors (Lipinski definition) is 4. The van der Waals surface area contributed by atoms with Gasteiger partial charge in [0.15, 0.2) is 0 Å². The third kappa shape index (κ3) is 31.5. The van der Waals surface area contributed by atoms with Gasteiger partial charge < -0.3 is 9.47 Å². The molecule has 0 rings (SSSR count). The summed E-state index contributed by atoms with van der Waals surface area (Å²) in [6, 6.07) is 0. The third-order valence-electron chi connectivity index (χ3n) is 8.05. The molecule has 0 spiro atoms. The van der Waals surface area contributed by atoms with E-state index in [9.17, 15) is 9.59 Å². The fourth-order valence-electron chi connectivity index (χ4n) is 5.22. The highest BCUT2D eigenvalue weighted by Crippen LogP contribution is 2.18. The summed E-state index contributed by atoms with van der Waals surface area (Å²) in [6.45, 7) is 12.5. The molecule has 0 aliphatic heterocycles. The molecule has 0 fully saturated rings. The Balaban J connectivity index is 3.31. The van der Waals surface area contributed by atoms with E-state index in [4.69, 9.17) is 9.47 Å². The van der Waals surface area contributed by atoms with Gasteiger partial charge in [0.2, 0.25) is 0 Å². The van der Waals surface area contributed by atoms with Crippen molar-refractivity contribution in [3.8, 4) is 0 Å². The van der Waals surface area contributed by atoms with E-state index in [1.165, 1.54) is 109 Å². The predicted molar refractivity (Wildman–Crippen MR) is 172 cm³/mol. The van der Waals surface area contributed by atoms with Gasteiger partial charge in [-0.05, 0) is 43.4 Å². The van der Waals surface area contributed by atoms with Crippen LogP contribution in [-0.4, -0.2) is 25.2 Å². The molecule has 0 radical (unpaired) electrons. The maximum Gasteiger partial charge on any atom is 0.305 e. The SMILES string of the molecule is CC(C)CCCCCOC(=O)CCCCCCCCCCCCCCC(C)CCC(=O)OCCCCCC(C)C. The van der Waals surface area contributed by atoms with Crippen LogP contribution in [0.25, 0.3) is 0 Å². The van der Waals surface area contributed by atoms with Crippen LogP contribution in [0.2, 0.25) is 0 Å². The number of carbonyl (C=O) groups is 2. The van der Waals surface area contributed by atoms with Gasteiger partial charge in [0.05, 0.1) is 13.2 Å². The van der Waals surface area contributed by atoms with Gasteiger partial charge in [0.1, 0.15) is 0 Å². The van der Waals surface area contributed by atoms with Crippen molar-refractivity contribution < 1.29 is 19.1 Å². The first-order valence-corrected chi connectivity index (χ1v) is 17.6. The normalized spacial score (nSPS) is 12.3. The van der Waals surface area contributed by atoms with Crippen LogP contribution in [0.4, 0.5) is 0 Å². The van der Waals surface area contributed by atoms with E-state index in [1.54, 1.807) is 0 Å². The summed E-state index contributed by atoms with van der Waals surface area (Å²) >= 11 is 0. The van der Waals surface area contributed by atoms with E-state index >= 15 is 0 Å². The lowest BCUT2D eigenvalue weighted by molar-refractivity contribution is -0.144. The van der Waals surface area contributed by atoms with Gasteiger partial charge in [0, 0.05) is 12.8 Å². The Morgan fingerprint density at radius 2 is 0.750 bits per heavy atom. The molecule has 0 aliphatic rings. The van der Waals surface area contributed by atoms with Crippen molar-refractivity contribution in [1.29, 1.82) is 0 Å². The lowest BCUT2D eigenvalue weighted by Crippen LogP contribution is -2.08. The topological polar surface area (TPSA) is 52.6 Å². The summed E-state index contributed by atoms with van der Waals surface area (Å²) in [5.41, 5.74) is 0. The van der Waals surface area contributed by atoms with Gasteiger partial charge >= 0.3 is 11.9 Å². The quantitative estimate of drug-likeness (QED) is 0.0641. The molecule has 1 unspecified atom stereocenters. The zero-order valence-corrected chi connectivity index (χ0v) is 27.7. The first-order chi connectivity index (χ1) is 19.3. The molecule has 0 aromatic carbocycles. The van der Waals surface area contributed by atoms with Crippen LogP contribution >= 0.6 is 0 Å². The van der Waals surface area contributed by atoms with Crippen LogP contribution in [-0.2, 0) is 19.1 Å². The highest BCUT2D eigenvalue weighted by Gasteiger charge is 2.08. The first-order valence-electron chi connectivity index (χ1n) is 17.6. The molecule has 238 valence electrons. The van der Waals surface area contributed by atoms with Gasteiger partial charge in [-0.3, -0.25) is 9.59 Å². The smallest absolute Gasteiger partial charge is 0.305 e. The molecular weight excluding hydrogens is 496 g/mol. The van der Waals surface area contributed by atoms with Gasteiger partial charge in [-0.15, -0.1) is 0 Å². The first kappa shape index (κ1) is 38.9. The van der Waals surface area contributed by atoms with E-state index in [1.807, 2.05) is 0 Å². The van der Waals surface area contributed by atoms with Gasteiger partial charge in [-0.2, -0.15) is 0 Å². The van der Waals surface area contributed by atoms with Crippen molar-refractivity contribution in [2.45, 2.75) is 189 Å². The van der Waals surface area contributed by atoms with Crippen LogP contribution in [0.5, 0.6) is 0 Å². The summed E-state index contributed by atoms with van der Waals surface area (Å²) in [7, 11) is 0. The molecule has 0 aromatic rings. The molecule has 0 N–H and O–H groups in total. The van der Waals surface area contributed by atoms with Crippen LogP contribution in [0.15, 0.2) is 0 Å². The Kier molecular flexibility index (Phi) is 28.7. The van der Waals surface area contributed by atoms with E-state index in [0.29, 0.717) is 32.0 Å². The fraction of sp³-hybridized carbons (Fsp3) is 0.944. The van der Waals surface area contributed by atoms with Crippen molar-refractivity contribution >= 4 is 11.9 Å². The molecule has 4 nitrogen and oxygen atoms in total. The lowest BCUT2D eigenvalue weighted by Gasteiger charge is -2.11. The Bertz CT molecular complexity index is 557. The van der Waals surface area contributed by atoms with Gasteiger partial charge in [0.25, 0.3) is 0 Å². The summed E-state index contributed by atoms with van der Waals surface area (Å²) in [6.07, 6.45) is 28.2. The van der Waals surface area contributed by atoms with E-state index in [-0.39, 0.29) is 11.9 Å². The second-order valence-electron chi connectivity index (χ2n) is 13.4. The maximum absolute atomic E-state index is 11.9. The van der Waals surface area contributed by atoms with Crippen LogP contribution in [0, 0.1) is 17.8 Å². The Labute approximate surface area is 250 Å². The summed E-state index contributed by atoms with van der Waals surface area (Å²) in [4.78, 5) is 23.7. The molecule has 0 saturated heterocycles. The molecule has 0 amide bonds. The van der Waals surface area contributed by atoms with E-state index in [0.717, 1.165) is 43.9 Å². The zero-order chi connectivity index (χ0) is 29.7. The average molecular weight is 567 g/mol. The van der Waals surface area contributed by atoms with E-state index < -0.39 is 0 Å².